The van der Waals surface area contributed by atoms with E-state index in [0.717, 1.165) is 16.6 Å². The highest BCUT2D eigenvalue weighted by Gasteiger charge is 2.29. The molecule has 0 radical (unpaired) electrons. The Morgan fingerprint density at radius 1 is 0.914 bits per heavy atom. The Labute approximate surface area is 200 Å². The van der Waals surface area contributed by atoms with Gasteiger partial charge in [0.2, 0.25) is 0 Å². The molecule has 1 N–H and O–H groups in total. The van der Waals surface area contributed by atoms with Crippen molar-refractivity contribution in [3.05, 3.63) is 112 Å². The molecule has 35 heavy (non-hydrogen) atoms. The number of ketones is 2. The summed E-state index contributed by atoms with van der Waals surface area (Å²) in [5.74, 6) is 1.11. The molecule has 6 nitrogen and oxygen atoms in total. The molecule has 0 amide bonds. The average Bonchev–Trinajstić information content (AvgIpc) is 3.52. The van der Waals surface area contributed by atoms with E-state index in [4.69, 9.17) is 4.42 Å². The van der Waals surface area contributed by atoms with Crippen LogP contribution in [0.15, 0.2) is 77.2 Å². The van der Waals surface area contributed by atoms with Crippen molar-refractivity contribution in [2.24, 2.45) is 0 Å². The molecular formula is C29H17N3O3. The Morgan fingerprint density at radius 3 is 2.43 bits per heavy atom. The number of nitrogens with one attached hydrogen (secondary N) is 1. The molecule has 2 aromatic heterocycles. The summed E-state index contributed by atoms with van der Waals surface area (Å²) in [5.41, 5.74) is 5.31. The van der Waals surface area contributed by atoms with E-state index in [0.29, 0.717) is 50.7 Å². The van der Waals surface area contributed by atoms with Crippen molar-refractivity contribution in [2.75, 3.05) is 0 Å². The van der Waals surface area contributed by atoms with Crippen molar-refractivity contribution in [1.29, 1.82) is 5.26 Å². The van der Waals surface area contributed by atoms with Crippen molar-refractivity contribution in [3.63, 3.8) is 0 Å². The maximum atomic E-state index is 13.0. The molecule has 1 aliphatic rings. The Morgan fingerprint density at radius 2 is 1.66 bits per heavy atom. The summed E-state index contributed by atoms with van der Waals surface area (Å²) >= 11 is 0. The topological polar surface area (TPSA) is 99.8 Å². The molecule has 0 saturated heterocycles. The number of nitriles is 1. The van der Waals surface area contributed by atoms with Crippen LogP contribution >= 0.6 is 0 Å². The lowest BCUT2D eigenvalue weighted by atomic mass is 9.83. The minimum absolute atomic E-state index is 0.162. The van der Waals surface area contributed by atoms with Gasteiger partial charge in [-0.25, -0.2) is 4.98 Å². The summed E-state index contributed by atoms with van der Waals surface area (Å²) in [7, 11) is 0. The minimum atomic E-state index is -0.185. The lowest BCUT2D eigenvalue weighted by Gasteiger charge is -2.17. The van der Waals surface area contributed by atoms with Gasteiger partial charge in [-0.2, -0.15) is 5.26 Å². The first-order valence-electron chi connectivity index (χ1n) is 11.0. The van der Waals surface area contributed by atoms with Crippen LogP contribution in [0.5, 0.6) is 0 Å². The molecule has 6 heteroatoms. The largest absolute Gasteiger partial charge is 0.457 e. The van der Waals surface area contributed by atoms with E-state index in [2.05, 4.69) is 16.0 Å². The SMILES string of the molecule is Cc1ccc2nc(/C(C#N)=C/c3ccc(-c4ccc5c(c4)C(=O)c4ccccc4C5=O)o3)[nH]c2c1. The average molecular weight is 455 g/mol. The number of rotatable bonds is 3. The van der Waals surface area contributed by atoms with Crippen LogP contribution in [-0.2, 0) is 0 Å². The second kappa shape index (κ2) is 7.79. The molecule has 0 aliphatic heterocycles. The first kappa shape index (κ1) is 20.6. The highest BCUT2D eigenvalue weighted by Crippen LogP contribution is 2.32. The van der Waals surface area contributed by atoms with E-state index in [1.54, 1.807) is 60.7 Å². The van der Waals surface area contributed by atoms with Crippen LogP contribution in [-0.4, -0.2) is 21.5 Å². The summed E-state index contributed by atoms with van der Waals surface area (Å²) < 4.78 is 5.97. The number of aryl methyl sites for hydroxylation is 1. The van der Waals surface area contributed by atoms with Gasteiger partial charge in [0.1, 0.15) is 23.4 Å². The molecule has 0 saturated carbocycles. The predicted octanol–water partition coefficient (Wildman–Crippen LogP) is 5.97. The molecule has 0 atom stereocenters. The number of carbonyl (C=O) groups excluding carboxylic acids is 2. The van der Waals surface area contributed by atoms with E-state index in [-0.39, 0.29) is 11.6 Å². The van der Waals surface area contributed by atoms with Gasteiger partial charge in [-0.05, 0) is 48.9 Å². The van der Waals surface area contributed by atoms with Gasteiger partial charge in [0, 0.05) is 33.9 Å². The fraction of sp³-hybridized carbons (Fsp3) is 0.0345. The molecule has 1 aliphatic carbocycles. The molecule has 3 aromatic carbocycles. The van der Waals surface area contributed by atoms with Gasteiger partial charge in [-0.1, -0.05) is 36.4 Å². The van der Waals surface area contributed by atoms with Crippen molar-refractivity contribution >= 4 is 34.2 Å². The number of aromatic nitrogens is 2. The number of aromatic amines is 1. The molecule has 5 aromatic rings. The second-order valence-corrected chi connectivity index (χ2v) is 8.44. The smallest absolute Gasteiger partial charge is 0.194 e. The van der Waals surface area contributed by atoms with Gasteiger partial charge < -0.3 is 9.40 Å². The van der Waals surface area contributed by atoms with Crippen LogP contribution in [0.25, 0.3) is 34.0 Å². The molecule has 0 spiro atoms. The van der Waals surface area contributed by atoms with Gasteiger partial charge >= 0.3 is 0 Å². The molecular weight excluding hydrogens is 438 g/mol. The molecule has 0 unspecified atom stereocenters. The Hall–Kier alpha value is -5.02. The maximum Gasteiger partial charge on any atom is 0.194 e. The van der Waals surface area contributed by atoms with Gasteiger partial charge in [0.05, 0.1) is 16.6 Å². The first-order valence-corrected chi connectivity index (χ1v) is 11.0. The van der Waals surface area contributed by atoms with Gasteiger partial charge in [-0.15, -0.1) is 0 Å². The lowest BCUT2D eigenvalue weighted by molar-refractivity contribution is 0.0979. The maximum absolute atomic E-state index is 13.0. The number of carbonyl (C=O) groups is 2. The van der Waals surface area contributed by atoms with E-state index in [9.17, 15) is 14.9 Å². The van der Waals surface area contributed by atoms with Crippen LogP contribution in [0.4, 0.5) is 0 Å². The lowest BCUT2D eigenvalue weighted by Crippen LogP contribution is -2.20. The quantitative estimate of drug-likeness (QED) is 0.331. The van der Waals surface area contributed by atoms with Crippen molar-refractivity contribution in [2.45, 2.75) is 6.92 Å². The minimum Gasteiger partial charge on any atom is -0.457 e. The predicted molar refractivity (Wildman–Crippen MR) is 132 cm³/mol. The number of hydrogen-bond acceptors (Lipinski definition) is 5. The summed E-state index contributed by atoms with van der Waals surface area (Å²) in [4.78, 5) is 33.6. The van der Waals surface area contributed by atoms with E-state index in [1.807, 2.05) is 25.1 Å². The molecule has 166 valence electrons. The third-order valence-corrected chi connectivity index (χ3v) is 6.14. The number of imidazole rings is 1. The Bertz CT molecular complexity index is 1760. The zero-order valence-electron chi connectivity index (χ0n) is 18.6. The number of benzene rings is 3. The highest BCUT2D eigenvalue weighted by atomic mass is 16.3. The number of H-pyrrole nitrogens is 1. The van der Waals surface area contributed by atoms with Crippen LogP contribution in [0, 0.1) is 18.3 Å². The van der Waals surface area contributed by atoms with E-state index >= 15 is 0 Å². The van der Waals surface area contributed by atoms with Crippen molar-refractivity contribution in [1.82, 2.24) is 9.97 Å². The molecule has 0 fully saturated rings. The zero-order chi connectivity index (χ0) is 24.1. The standard InChI is InChI=1S/C29H17N3O3/c1-16-6-10-24-25(12-16)32-29(31-24)18(15-30)13-19-8-11-26(35-19)17-7-9-22-23(14-17)28(34)21-5-3-2-4-20(21)27(22)33/h2-14H,1H3,(H,31,32)/b18-13+. The first-order chi connectivity index (χ1) is 17.0. The fourth-order valence-electron chi connectivity index (χ4n) is 4.39. The molecule has 0 bridgehead atoms. The summed E-state index contributed by atoms with van der Waals surface area (Å²) in [6, 6.07) is 23.5. The van der Waals surface area contributed by atoms with Gasteiger partial charge in [-0.3, -0.25) is 9.59 Å². The number of furan rings is 1. The summed E-state index contributed by atoms with van der Waals surface area (Å²) in [5, 5.41) is 9.72. The number of hydrogen-bond donors (Lipinski definition) is 1. The van der Waals surface area contributed by atoms with Gasteiger partial charge in [0.25, 0.3) is 0 Å². The van der Waals surface area contributed by atoms with Crippen LogP contribution < -0.4 is 0 Å². The third-order valence-electron chi connectivity index (χ3n) is 6.14. The number of fused-ring (bicyclic) bond motifs is 3. The van der Waals surface area contributed by atoms with E-state index in [1.165, 1.54) is 0 Å². The normalized spacial score (nSPS) is 13.0. The Balaban J connectivity index is 1.35. The fourth-order valence-corrected chi connectivity index (χ4v) is 4.39. The summed E-state index contributed by atoms with van der Waals surface area (Å²) in [6.45, 7) is 1.99. The molecule has 2 heterocycles. The number of nitrogens with zero attached hydrogens (tertiary/aromatic N) is 2. The van der Waals surface area contributed by atoms with Crippen molar-refractivity contribution in [3.8, 4) is 17.4 Å². The number of allylic oxidation sites excluding steroid dienone is 1. The zero-order valence-corrected chi connectivity index (χ0v) is 18.6. The van der Waals surface area contributed by atoms with E-state index < -0.39 is 0 Å². The third kappa shape index (κ3) is 3.38. The highest BCUT2D eigenvalue weighted by molar-refractivity contribution is 6.28. The van der Waals surface area contributed by atoms with Crippen molar-refractivity contribution < 1.29 is 14.0 Å². The Kier molecular flexibility index (Phi) is 4.58. The van der Waals surface area contributed by atoms with Crippen LogP contribution in [0.1, 0.15) is 49.0 Å². The summed E-state index contributed by atoms with van der Waals surface area (Å²) in [6.07, 6.45) is 1.62. The van der Waals surface area contributed by atoms with Gasteiger partial charge in [0.15, 0.2) is 11.6 Å². The van der Waals surface area contributed by atoms with Crippen LogP contribution in [0.2, 0.25) is 0 Å². The second-order valence-electron chi connectivity index (χ2n) is 8.44. The molecule has 6 rings (SSSR count). The van der Waals surface area contributed by atoms with Crippen LogP contribution in [0.3, 0.4) is 0 Å². The monoisotopic (exact) mass is 455 g/mol.